The van der Waals surface area contributed by atoms with Crippen LogP contribution >= 0.6 is 0 Å². The minimum Gasteiger partial charge on any atom is -0.309 e. The van der Waals surface area contributed by atoms with E-state index in [9.17, 15) is 4.21 Å². The van der Waals surface area contributed by atoms with Crippen molar-refractivity contribution in [2.24, 2.45) is 0 Å². The summed E-state index contributed by atoms with van der Waals surface area (Å²) in [6.07, 6.45) is 2.07. The van der Waals surface area contributed by atoms with E-state index in [2.05, 4.69) is 36.5 Å². The van der Waals surface area contributed by atoms with Gasteiger partial charge < -0.3 is 5.32 Å². The Morgan fingerprint density at radius 3 is 2.82 bits per heavy atom. The fraction of sp³-hybridized carbons (Fsp3) is 0.571. The fourth-order valence-corrected chi connectivity index (χ4v) is 3.90. The van der Waals surface area contributed by atoms with Crippen LogP contribution in [0.2, 0.25) is 0 Å². The third kappa shape index (κ3) is 2.61. The summed E-state index contributed by atoms with van der Waals surface area (Å²) >= 11 is 0. The molecule has 1 aromatic carbocycles. The number of hydrogen-bond donors (Lipinski definition) is 1. The van der Waals surface area contributed by atoms with Crippen molar-refractivity contribution in [1.29, 1.82) is 0 Å². The number of benzene rings is 1. The second-order valence-corrected chi connectivity index (χ2v) is 6.49. The predicted molar refractivity (Wildman–Crippen MR) is 73.7 cm³/mol. The summed E-state index contributed by atoms with van der Waals surface area (Å²) in [7, 11) is -0.725. The van der Waals surface area contributed by atoms with Gasteiger partial charge in [0.05, 0.1) is 5.25 Å². The minimum atomic E-state index is -0.725. The summed E-state index contributed by atoms with van der Waals surface area (Å²) in [5, 5.41) is 3.81. The predicted octanol–water partition coefficient (Wildman–Crippen LogP) is 2.42. The highest BCUT2D eigenvalue weighted by molar-refractivity contribution is 7.85. The molecule has 1 N–H and O–H groups in total. The highest BCUT2D eigenvalue weighted by atomic mass is 32.2. The molecule has 2 nitrogen and oxygen atoms in total. The molecular formula is C14H21NOS. The fourth-order valence-electron chi connectivity index (χ4n) is 2.56. The van der Waals surface area contributed by atoms with Gasteiger partial charge in [0.25, 0.3) is 0 Å². The van der Waals surface area contributed by atoms with Gasteiger partial charge in [0.15, 0.2) is 0 Å². The van der Waals surface area contributed by atoms with E-state index in [1.165, 1.54) is 11.1 Å². The van der Waals surface area contributed by atoms with Gasteiger partial charge in [-0.25, -0.2) is 0 Å². The molecule has 0 radical (unpaired) electrons. The van der Waals surface area contributed by atoms with E-state index in [4.69, 9.17) is 0 Å². The molecule has 1 aromatic rings. The number of hydrogen-bond acceptors (Lipinski definition) is 2. The number of fused-ring (bicyclic) bond motifs is 1. The molecule has 0 saturated heterocycles. The van der Waals surface area contributed by atoms with E-state index in [1.807, 2.05) is 6.92 Å². The molecule has 3 heteroatoms. The maximum atomic E-state index is 12.1. The monoisotopic (exact) mass is 251 g/mol. The lowest BCUT2D eigenvalue weighted by Crippen LogP contribution is -2.33. The Kier molecular flexibility index (Phi) is 4.35. The zero-order valence-electron chi connectivity index (χ0n) is 10.6. The lowest BCUT2D eigenvalue weighted by molar-refractivity contribution is 0.528. The van der Waals surface area contributed by atoms with Crippen LogP contribution in [-0.2, 0) is 17.2 Å². The molecule has 0 fully saturated rings. The normalized spacial score (nSPS) is 24.6. The van der Waals surface area contributed by atoms with Crippen molar-refractivity contribution in [3.63, 3.8) is 0 Å². The molecule has 1 aliphatic carbocycles. The van der Waals surface area contributed by atoms with E-state index < -0.39 is 10.8 Å². The van der Waals surface area contributed by atoms with Crippen molar-refractivity contribution in [2.45, 2.75) is 38.0 Å². The van der Waals surface area contributed by atoms with E-state index in [-0.39, 0.29) is 11.3 Å². The molecule has 0 heterocycles. The van der Waals surface area contributed by atoms with E-state index in [1.54, 1.807) is 0 Å². The van der Waals surface area contributed by atoms with Gasteiger partial charge in [0.1, 0.15) is 0 Å². The van der Waals surface area contributed by atoms with Gasteiger partial charge in [-0.2, -0.15) is 0 Å². The largest absolute Gasteiger partial charge is 0.309 e. The highest BCUT2D eigenvalue weighted by Gasteiger charge is 2.34. The quantitative estimate of drug-likeness (QED) is 0.871. The van der Waals surface area contributed by atoms with E-state index in [0.29, 0.717) is 0 Å². The zero-order chi connectivity index (χ0) is 12.3. The smallest absolute Gasteiger partial charge is 0.0583 e. The van der Waals surface area contributed by atoms with Gasteiger partial charge in [0.2, 0.25) is 0 Å². The number of nitrogens with one attached hydrogen (secondary N) is 1. The average Bonchev–Trinajstić information content (AvgIpc) is 2.74. The second kappa shape index (κ2) is 5.78. The molecule has 0 saturated carbocycles. The van der Waals surface area contributed by atoms with Crippen molar-refractivity contribution in [1.82, 2.24) is 5.32 Å². The molecule has 0 aliphatic heterocycles. The Morgan fingerprint density at radius 2 is 2.12 bits per heavy atom. The first-order valence-electron chi connectivity index (χ1n) is 6.46. The van der Waals surface area contributed by atoms with Gasteiger partial charge in [-0.15, -0.1) is 0 Å². The maximum Gasteiger partial charge on any atom is 0.0583 e. The van der Waals surface area contributed by atoms with Crippen LogP contribution in [-0.4, -0.2) is 21.8 Å². The first-order chi connectivity index (χ1) is 8.27. The molecular weight excluding hydrogens is 230 g/mol. The summed E-state index contributed by atoms with van der Waals surface area (Å²) in [5.41, 5.74) is 2.72. The van der Waals surface area contributed by atoms with Crippen LogP contribution in [0.25, 0.3) is 0 Å². The molecule has 0 aromatic heterocycles. The molecule has 1 aliphatic rings. The summed E-state index contributed by atoms with van der Waals surface area (Å²) in [6.45, 7) is 5.17. The maximum absolute atomic E-state index is 12.1. The van der Waals surface area contributed by atoms with Crippen LogP contribution in [0.4, 0.5) is 0 Å². The molecule has 17 heavy (non-hydrogen) atoms. The Morgan fingerprint density at radius 1 is 1.35 bits per heavy atom. The zero-order valence-corrected chi connectivity index (χ0v) is 11.4. The van der Waals surface area contributed by atoms with Crippen molar-refractivity contribution in [3.05, 3.63) is 35.4 Å². The summed E-state index contributed by atoms with van der Waals surface area (Å²) in [5.74, 6) is 0.753. The van der Waals surface area contributed by atoms with Crippen LogP contribution in [0.5, 0.6) is 0 Å². The highest BCUT2D eigenvalue weighted by Crippen LogP contribution is 2.34. The van der Waals surface area contributed by atoms with Crippen LogP contribution in [0, 0.1) is 0 Å². The minimum absolute atomic E-state index is 0.254. The first kappa shape index (κ1) is 12.8. The van der Waals surface area contributed by atoms with Crippen LogP contribution in [0.1, 0.15) is 37.4 Å². The third-order valence-corrected chi connectivity index (χ3v) is 5.10. The SMILES string of the molecule is CCCNC1c2ccccc2CC1S(=O)CC. The van der Waals surface area contributed by atoms with Crippen molar-refractivity contribution in [2.75, 3.05) is 12.3 Å². The second-order valence-electron chi connectivity index (χ2n) is 4.54. The topological polar surface area (TPSA) is 29.1 Å². The Hall–Kier alpha value is -0.670. The summed E-state index contributed by atoms with van der Waals surface area (Å²) in [4.78, 5) is 0. The third-order valence-electron chi connectivity index (χ3n) is 3.42. The van der Waals surface area contributed by atoms with E-state index >= 15 is 0 Å². The lowest BCUT2D eigenvalue weighted by atomic mass is 10.1. The van der Waals surface area contributed by atoms with Gasteiger partial charge in [-0.3, -0.25) is 4.21 Å². The molecule has 0 bridgehead atoms. The summed E-state index contributed by atoms with van der Waals surface area (Å²) in [6, 6.07) is 8.79. The molecule has 94 valence electrons. The van der Waals surface area contributed by atoms with Crippen molar-refractivity contribution < 1.29 is 4.21 Å². The summed E-state index contributed by atoms with van der Waals surface area (Å²) < 4.78 is 12.1. The van der Waals surface area contributed by atoms with Crippen LogP contribution in [0.15, 0.2) is 24.3 Å². The average molecular weight is 251 g/mol. The van der Waals surface area contributed by atoms with E-state index in [0.717, 1.165) is 25.1 Å². The molecule has 2 rings (SSSR count). The van der Waals surface area contributed by atoms with Crippen molar-refractivity contribution in [3.8, 4) is 0 Å². The first-order valence-corrected chi connectivity index (χ1v) is 7.84. The van der Waals surface area contributed by atoms with Gasteiger partial charge >= 0.3 is 0 Å². The Bertz CT molecular complexity index is 405. The molecule has 0 amide bonds. The van der Waals surface area contributed by atoms with Crippen molar-refractivity contribution >= 4 is 10.8 Å². The van der Waals surface area contributed by atoms with Crippen LogP contribution in [0.3, 0.4) is 0 Å². The molecule has 3 atom stereocenters. The Balaban J connectivity index is 2.23. The molecule has 3 unspecified atom stereocenters. The number of rotatable bonds is 5. The standard InChI is InChI=1S/C14H21NOS/c1-3-9-15-14-12-8-6-5-7-11(12)10-13(14)17(16)4-2/h5-8,13-15H,3-4,9-10H2,1-2H3. The van der Waals surface area contributed by atoms with Gasteiger partial charge in [-0.05, 0) is 30.5 Å². The Labute approximate surface area is 106 Å². The van der Waals surface area contributed by atoms with Crippen LogP contribution < -0.4 is 5.32 Å². The molecule has 0 spiro atoms. The lowest BCUT2D eigenvalue weighted by Gasteiger charge is -2.20. The van der Waals surface area contributed by atoms with Gasteiger partial charge in [0, 0.05) is 22.6 Å². The van der Waals surface area contributed by atoms with Gasteiger partial charge in [-0.1, -0.05) is 38.1 Å².